The monoisotopic (exact) mass is 334 g/mol. The van der Waals surface area contributed by atoms with Crippen LogP contribution in [0.1, 0.15) is 29.3 Å². The van der Waals surface area contributed by atoms with Crippen LogP contribution in [-0.4, -0.2) is 16.1 Å². The summed E-state index contributed by atoms with van der Waals surface area (Å²) in [7, 11) is 0. The van der Waals surface area contributed by atoms with E-state index in [1.165, 1.54) is 11.6 Å². The van der Waals surface area contributed by atoms with Crippen LogP contribution in [0.15, 0.2) is 41.0 Å². The number of benzene rings is 1. The van der Waals surface area contributed by atoms with Gasteiger partial charge >= 0.3 is 5.97 Å². The van der Waals surface area contributed by atoms with Gasteiger partial charge in [-0.2, -0.15) is 0 Å². The maximum absolute atomic E-state index is 11.2. The third-order valence-electron chi connectivity index (χ3n) is 2.84. The molecule has 0 bridgehead atoms. The second kappa shape index (κ2) is 6.52. The number of aryl methyl sites for hydroxylation is 1. The molecule has 1 heterocycles. The molecule has 0 radical (unpaired) electrons. The third kappa shape index (κ3) is 3.57. The van der Waals surface area contributed by atoms with E-state index in [0.29, 0.717) is 10.3 Å². The molecule has 0 aliphatic heterocycles. The fraction of sp³-hybridized carbons (Fsp3) is 0.200. The molecular formula is C15H15BrN2O2. The second-order valence-corrected chi connectivity index (χ2v) is 5.34. The SMILES string of the molecule is CCCc1ccc(Nc2ncc(Br)cc2C(=O)O)cc1. The molecule has 2 rings (SSSR count). The lowest BCUT2D eigenvalue weighted by Gasteiger charge is -2.09. The number of hydrogen-bond donors (Lipinski definition) is 2. The fourth-order valence-corrected chi connectivity index (χ4v) is 2.21. The molecule has 0 spiro atoms. The van der Waals surface area contributed by atoms with Crippen molar-refractivity contribution >= 4 is 33.4 Å². The lowest BCUT2D eigenvalue weighted by molar-refractivity contribution is 0.0697. The molecule has 0 saturated heterocycles. The van der Waals surface area contributed by atoms with Crippen molar-refractivity contribution in [3.05, 3.63) is 52.1 Å². The average molecular weight is 335 g/mol. The summed E-state index contributed by atoms with van der Waals surface area (Å²) in [5.74, 6) is -0.673. The lowest BCUT2D eigenvalue weighted by atomic mass is 10.1. The van der Waals surface area contributed by atoms with Crippen LogP contribution in [0.5, 0.6) is 0 Å². The summed E-state index contributed by atoms with van der Waals surface area (Å²) >= 11 is 3.22. The van der Waals surface area contributed by atoms with Gasteiger partial charge in [0.2, 0.25) is 0 Å². The van der Waals surface area contributed by atoms with Crippen LogP contribution in [0.25, 0.3) is 0 Å². The number of nitrogens with one attached hydrogen (secondary N) is 1. The summed E-state index contributed by atoms with van der Waals surface area (Å²) in [6.45, 7) is 2.14. The van der Waals surface area contributed by atoms with E-state index in [1.54, 1.807) is 6.20 Å². The van der Waals surface area contributed by atoms with E-state index >= 15 is 0 Å². The first-order chi connectivity index (χ1) is 9.60. The average Bonchev–Trinajstić information content (AvgIpc) is 2.43. The summed E-state index contributed by atoms with van der Waals surface area (Å²) in [6.07, 6.45) is 3.71. The molecule has 0 atom stereocenters. The predicted molar refractivity (Wildman–Crippen MR) is 82.6 cm³/mol. The number of halogens is 1. The van der Waals surface area contributed by atoms with Gasteiger partial charge in [0.15, 0.2) is 0 Å². The minimum atomic E-state index is -1.01. The maximum atomic E-state index is 11.2. The van der Waals surface area contributed by atoms with E-state index < -0.39 is 5.97 Å². The molecule has 0 aliphatic rings. The zero-order chi connectivity index (χ0) is 14.5. The van der Waals surface area contributed by atoms with Gasteiger partial charge in [-0.3, -0.25) is 0 Å². The highest BCUT2D eigenvalue weighted by Crippen LogP contribution is 2.22. The number of rotatable bonds is 5. The number of nitrogens with zero attached hydrogens (tertiary/aromatic N) is 1. The Kier molecular flexibility index (Phi) is 4.74. The van der Waals surface area contributed by atoms with E-state index in [4.69, 9.17) is 0 Å². The Bertz CT molecular complexity index is 612. The highest BCUT2D eigenvalue weighted by Gasteiger charge is 2.12. The molecule has 0 unspecified atom stereocenters. The van der Waals surface area contributed by atoms with Gasteiger partial charge < -0.3 is 10.4 Å². The Balaban J connectivity index is 2.23. The highest BCUT2D eigenvalue weighted by molar-refractivity contribution is 9.10. The van der Waals surface area contributed by atoms with Gasteiger partial charge in [0.25, 0.3) is 0 Å². The first-order valence-electron chi connectivity index (χ1n) is 6.35. The molecule has 0 fully saturated rings. The van der Waals surface area contributed by atoms with Crippen molar-refractivity contribution in [2.75, 3.05) is 5.32 Å². The number of carboxylic acid groups (broad SMARTS) is 1. The zero-order valence-corrected chi connectivity index (χ0v) is 12.6. The van der Waals surface area contributed by atoms with Crippen molar-refractivity contribution in [2.24, 2.45) is 0 Å². The van der Waals surface area contributed by atoms with Crippen molar-refractivity contribution in [2.45, 2.75) is 19.8 Å². The Morgan fingerprint density at radius 1 is 1.35 bits per heavy atom. The van der Waals surface area contributed by atoms with Crippen LogP contribution >= 0.6 is 15.9 Å². The smallest absolute Gasteiger partial charge is 0.339 e. The van der Waals surface area contributed by atoms with Crippen LogP contribution in [0.4, 0.5) is 11.5 Å². The molecule has 5 heteroatoms. The Morgan fingerprint density at radius 3 is 2.65 bits per heavy atom. The van der Waals surface area contributed by atoms with Crippen molar-refractivity contribution in [1.29, 1.82) is 0 Å². The Labute approximate surface area is 126 Å². The van der Waals surface area contributed by atoms with Gasteiger partial charge in [0, 0.05) is 16.4 Å². The number of carbonyl (C=O) groups is 1. The summed E-state index contributed by atoms with van der Waals surface area (Å²) in [6, 6.07) is 9.46. The standard InChI is InChI=1S/C15H15BrN2O2/c1-2-3-10-4-6-12(7-5-10)18-14-13(15(19)20)8-11(16)9-17-14/h4-9H,2-3H2,1H3,(H,17,18)(H,19,20). The van der Waals surface area contributed by atoms with Crippen molar-refractivity contribution in [1.82, 2.24) is 4.98 Å². The lowest BCUT2D eigenvalue weighted by Crippen LogP contribution is -2.04. The van der Waals surface area contributed by atoms with E-state index in [1.807, 2.05) is 24.3 Å². The number of aromatic nitrogens is 1. The minimum Gasteiger partial charge on any atom is -0.478 e. The zero-order valence-electron chi connectivity index (χ0n) is 11.1. The molecule has 1 aromatic carbocycles. The maximum Gasteiger partial charge on any atom is 0.339 e. The van der Waals surface area contributed by atoms with Gasteiger partial charge in [-0.05, 0) is 46.1 Å². The van der Waals surface area contributed by atoms with E-state index in [-0.39, 0.29) is 5.56 Å². The first kappa shape index (κ1) is 14.5. The summed E-state index contributed by atoms with van der Waals surface area (Å²) in [4.78, 5) is 15.3. The second-order valence-electron chi connectivity index (χ2n) is 4.43. The van der Waals surface area contributed by atoms with Crippen molar-refractivity contribution in [3.63, 3.8) is 0 Å². The topological polar surface area (TPSA) is 62.2 Å². The van der Waals surface area contributed by atoms with Crippen LogP contribution in [0.2, 0.25) is 0 Å². The molecule has 2 N–H and O–H groups in total. The van der Waals surface area contributed by atoms with Crippen LogP contribution in [0, 0.1) is 0 Å². The molecule has 4 nitrogen and oxygen atoms in total. The minimum absolute atomic E-state index is 0.136. The number of pyridine rings is 1. The molecule has 0 aliphatic carbocycles. The molecule has 104 valence electrons. The van der Waals surface area contributed by atoms with Gasteiger partial charge in [-0.1, -0.05) is 25.5 Å². The number of anilines is 2. The largest absolute Gasteiger partial charge is 0.478 e. The number of hydrogen-bond acceptors (Lipinski definition) is 3. The van der Waals surface area contributed by atoms with E-state index in [2.05, 4.69) is 33.2 Å². The molecule has 0 amide bonds. The molecule has 2 aromatic rings. The van der Waals surface area contributed by atoms with Gasteiger partial charge in [0.1, 0.15) is 11.4 Å². The quantitative estimate of drug-likeness (QED) is 0.858. The van der Waals surface area contributed by atoms with Crippen molar-refractivity contribution < 1.29 is 9.90 Å². The Hall–Kier alpha value is -1.88. The number of aromatic carboxylic acids is 1. The Morgan fingerprint density at radius 2 is 2.05 bits per heavy atom. The predicted octanol–water partition coefficient (Wildman–Crippen LogP) is 4.24. The van der Waals surface area contributed by atoms with Crippen LogP contribution in [0.3, 0.4) is 0 Å². The summed E-state index contributed by atoms with van der Waals surface area (Å²) < 4.78 is 0.638. The first-order valence-corrected chi connectivity index (χ1v) is 7.14. The van der Waals surface area contributed by atoms with Gasteiger partial charge in [-0.25, -0.2) is 9.78 Å². The molecular weight excluding hydrogens is 320 g/mol. The fourth-order valence-electron chi connectivity index (χ4n) is 1.88. The molecule has 20 heavy (non-hydrogen) atoms. The van der Waals surface area contributed by atoms with Gasteiger partial charge in [-0.15, -0.1) is 0 Å². The van der Waals surface area contributed by atoms with Crippen LogP contribution in [-0.2, 0) is 6.42 Å². The van der Waals surface area contributed by atoms with E-state index in [0.717, 1.165) is 18.5 Å². The van der Waals surface area contributed by atoms with Crippen molar-refractivity contribution in [3.8, 4) is 0 Å². The third-order valence-corrected chi connectivity index (χ3v) is 3.27. The molecule has 1 aromatic heterocycles. The molecule has 0 saturated carbocycles. The summed E-state index contributed by atoms with van der Waals surface area (Å²) in [5, 5.41) is 12.2. The highest BCUT2D eigenvalue weighted by atomic mass is 79.9. The number of carboxylic acids is 1. The van der Waals surface area contributed by atoms with Crippen LogP contribution < -0.4 is 5.32 Å². The van der Waals surface area contributed by atoms with Gasteiger partial charge in [0.05, 0.1) is 0 Å². The van der Waals surface area contributed by atoms with E-state index in [9.17, 15) is 9.90 Å². The summed E-state index contributed by atoms with van der Waals surface area (Å²) in [5.41, 5.74) is 2.22. The normalized spacial score (nSPS) is 10.3.